The predicted molar refractivity (Wildman–Crippen MR) is 134 cm³/mol. The van der Waals surface area contributed by atoms with Crippen molar-refractivity contribution in [1.82, 2.24) is 4.98 Å². The Labute approximate surface area is 205 Å². The zero-order chi connectivity index (χ0) is 25.2. The number of aromatic nitrogens is 1. The van der Waals surface area contributed by atoms with Crippen molar-refractivity contribution < 1.29 is 23.1 Å². The molecule has 0 bridgehead atoms. The number of alkyl halides is 3. The van der Waals surface area contributed by atoms with E-state index in [-0.39, 0.29) is 10.6 Å². The maximum Gasteiger partial charge on any atom is 0.417 e. The minimum atomic E-state index is -4.59. The minimum absolute atomic E-state index is 0.0123. The molecule has 3 aromatic carbocycles. The third-order valence-corrected chi connectivity index (χ3v) is 5.92. The number of fused-ring (bicyclic) bond motifs is 1. The first kappa shape index (κ1) is 24.4. The van der Waals surface area contributed by atoms with E-state index in [1.165, 1.54) is 18.2 Å². The van der Waals surface area contributed by atoms with E-state index in [1.807, 2.05) is 37.3 Å². The lowest BCUT2D eigenvalue weighted by Gasteiger charge is -2.19. The second kappa shape index (κ2) is 9.84. The van der Waals surface area contributed by atoms with Crippen molar-refractivity contribution >= 4 is 45.7 Å². The van der Waals surface area contributed by atoms with Crippen molar-refractivity contribution in [3.8, 4) is 0 Å². The van der Waals surface area contributed by atoms with Gasteiger partial charge in [-0.05, 0) is 59.0 Å². The number of carbonyl (C=O) groups is 1. The number of H-pyrrole nitrogens is 1. The number of allylic oxidation sites excluding steroid dienone is 1. The van der Waals surface area contributed by atoms with E-state index in [0.717, 1.165) is 23.0 Å². The van der Waals surface area contributed by atoms with Crippen LogP contribution in [0, 0.1) is 0 Å². The monoisotopic (exact) mass is 495 g/mol. The highest BCUT2D eigenvalue weighted by atomic mass is 35.5. The van der Waals surface area contributed by atoms with Crippen LogP contribution in [-0.2, 0) is 11.0 Å². The van der Waals surface area contributed by atoms with Crippen LogP contribution in [0.2, 0.25) is 5.02 Å². The third kappa shape index (κ3) is 5.33. The SMILES string of the molecule is CC/C(=C(/c1ccc(/C=C/C(=O)O)cc1)c1cc2ccccc2[nH]1)c1ccc(Cl)cc1C(F)(F)F. The lowest BCUT2D eigenvalue weighted by atomic mass is 9.88. The van der Waals surface area contributed by atoms with E-state index in [9.17, 15) is 18.0 Å². The first-order valence-corrected chi connectivity index (χ1v) is 11.2. The highest BCUT2D eigenvalue weighted by Crippen LogP contribution is 2.42. The Hall–Kier alpha value is -3.77. The number of carboxylic acids is 1. The molecule has 4 rings (SSSR count). The lowest BCUT2D eigenvalue weighted by Crippen LogP contribution is -2.10. The maximum absolute atomic E-state index is 14.0. The summed E-state index contributed by atoms with van der Waals surface area (Å²) < 4.78 is 42.1. The molecule has 3 nitrogen and oxygen atoms in total. The fraction of sp³-hybridized carbons (Fsp3) is 0.107. The molecule has 0 spiro atoms. The van der Waals surface area contributed by atoms with Crippen molar-refractivity contribution in [2.75, 3.05) is 0 Å². The number of rotatable bonds is 6. The van der Waals surface area contributed by atoms with Gasteiger partial charge in [-0.25, -0.2) is 4.79 Å². The highest BCUT2D eigenvalue weighted by molar-refractivity contribution is 6.30. The Morgan fingerprint density at radius 3 is 2.37 bits per heavy atom. The van der Waals surface area contributed by atoms with Crippen LogP contribution < -0.4 is 0 Å². The Bertz CT molecular complexity index is 1410. The molecule has 0 atom stereocenters. The molecule has 7 heteroatoms. The molecule has 1 aromatic heterocycles. The van der Waals surface area contributed by atoms with Gasteiger partial charge in [0.25, 0.3) is 0 Å². The molecular weight excluding hydrogens is 475 g/mol. The molecule has 0 amide bonds. The zero-order valence-electron chi connectivity index (χ0n) is 18.7. The normalized spacial score (nSPS) is 12.8. The van der Waals surface area contributed by atoms with Gasteiger partial charge >= 0.3 is 12.1 Å². The molecular formula is C28H21ClF3NO2. The standard InChI is InChI=1S/C28H21ClF3NO2/c1-2-21(22-13-12-20(29)16-23(22)28(30,31)32)27(25-15-19-5-3-4-6-24(19)33-25)18-10-7-17(8-11-18)9-14-26(34)35/h3-16,33H,2H2,1H3,(H,34,35)/b14-9+,27-21+. The van der Waals surface area contributed by atoms with E-state index in [4.69, 9.17) is 16.7 Å². The molecule has 0 unspecified atom stereocenters. The molecule has 0 aliphatic carbocycles. The molecule has 1 heterocycles. The number of halogens is 4. The van der Waals surface area contributed by atoms with Crippen molar-refractivity contribution in [1.29, 1.82) is 0 Å². The summed E-state index contributed by atoms with van der Waals surface area (Å²) in [5.74, 6) is -1.07. The fourth-order valence-corrected chi connectivity index (χ4v) is 4.32. The van der Waals surface area contributed by atoms with Gasteiger partial charge in [-0.15, -0.1) is 0 Å². The number of carboxylic acid groups (broad SMARTS) is 1. The molecule has 0 aliphatic rings. The molecule has 178 valence electrons. The summed E-state index contributed by atoms with van der Waals surface area (Å²) in [6, 6.07) is 20.4. The number of benzene rings is 3. The van der Waals surface area contributed by atoms with E-state index in [2.05, 4.69) is 4.98 Å². The molecule has 2 N–H and O–H groups in total. The summed E-state index contributed by atoms with van der Waals surface area (Å²) in [6.07, 6.45) is -1.77. The lowest BCUT2D eigenvalue weighted by molar-refractivity contribution is -0.137. The highest BCUT2D eigenvalue weighted by Gasteiger charge is 2.35. The van der Waals surface area contributed by atoms with Gasteiger partial charge in [0.05, 0.1) is 5.56 Å². The number of hydrogen-bond donors (Lipinski definition) is 2. The second-order valence-electron chi connectivity index (χ2n) is 7.96. The third-order valence-electron chi connectivity index (χ3n) is 5.68. The van der Waals surface area contributed by atoms with Crippen LogP contribution in [0.25, 0.3) is 28.1 Å². The Morgan fingerprint density at radius 2 is 1.74 bits per heavy atom. The van der Waals surface area contributed by atoms with Gasteiger partial charge in [0, 0.05) is 33.3 Å². The van der Waals surface area contributed by atoms with Crippen molar-refractivity contribution in [2.24, 2.45) is 0 Å². The van der Waals surface area contributed by atoms with Crippen LogP contribution in [0.3, 0.4) is 0 Å². The second-order valence-corrected chi connectivity index (χ2v) is 8.40. The Kier molecular flexibility index (Phi) is 6.85. The quantitative estimate of drug-likeness (QED) is 0.209. The number of hydrogen-bond acceptors (Lipinski definition) is 1. The largest absolute Gasteiger partial charge is 0.478 e. The van der Waals surface area contributed by atoms with Crippen LogP contribution in [0.15, 0.2) is 78.9 Å². The van der Waals surface area contributed by atoms with Gasteiger partial charge in [-0.3, -0.25) is 0 Å². The zero-order valence-corrected chi connectivity index (χ0v) is 19.4. The fourth-order valence-electron chi connectivity index (χ4n) is 4.14. The molecule has 35 heavy (non-hydrogen) atoms. The van der Waals surface area contributed by atoms with Gasteiger partial charge in [0.15, 0.2) is 0 Å². The molecule has 0 radical (unpaired) electrons. The first-order valence-electron chi connectivity index (χ1n) is 10.9. The summed E-state index contributed by atoms with van der Waals surface area (Å²) in [7, 11) is 0. The summed E-state index contributed by atoms with van der Waals surface area (Å²) in [5.41, 5.74) is 3.31. The van der Waals surface area contributed by atoms with Gasteiger partial charge in [-0.2, -0.15) is 13.2 Å². The van der Waals surface area contributed by atoms with Crippen LogP contribution in [0.5, 0.6) is 0 Å². The van der Waals surface area contributed by atoms with Crippen LogP contribution in [0.1, 0.15) is 41.3 Å². The Balaban J connectivity index is 1.99. The summed E-state index contributed by atoms with van der Waals surface area (Å²) >= 11 is 5.94. The van der Waals surface area contributed by atoms with Crippen molar-refractivity contribution in [3.05, 3.63) is 112 Å². The van der Waals surface area contributed by atoms with Gasteiger partial charge in [-0.1, -0.05) is 67.1 Å². The first-order chi connectivity index (χ1) is 16.7. The predicted octanol–water partition coefficient (Wildman–Crippen LogP) is 8.31. The van der Waals surface area contributed by atoms with E-state index in [0.29, 0.717) is 34.4 Å². The van der Waals surface area contributed by atoms with Crippen molar-refractivity contribution in [2.45, 2.75) is 19.5 Å². The molecule has 4 aromatic rings. The van der Waals surface area contributed by atoms with Crippen molar-refractivity contribution in [3.63, 3.8) is 0 Å². The van der Waals surface area contributed by atoms with E-state index in [1.54, 1.807) is 24.3 Å². The average molecular weight is 496 g/mol. The van der Waals surface area contributed by atoms with E-state index < -0.39 is 17.7 Å². The number of aromatic amines is 1. The molecule has 0 aliphatic heterocycles. The van der Waals surface area contributed by atoms with Crippen LogP contribution in [-0.4, -0.2) is 16.1 Å². The minimum Gasteiger partial charge on any atom is -0.478 e. The van der Waals surface area contributed by atoms with Crippen LogP contribution in [0.4, 0.5) is 13.2 Å². The smallest absolute Gasteiger partial charge is 0.417 e. The number of aliphatic carboxylic acids is 1. The number of nitrogens with one attached hydrogen (secondary N) is 1. The molecule has 0 fully saturated rings. The van der Waals surface area contributed by atoms with Gasteiger partial charge in [0.2, 0.25) is 0 Å². The van der Waals surface area contributed by atoms with Gasteiger partial charge in [0.1, 0.15) is 0 Å². The molecule has 0 saturated heterocycles. The average Bonchev–Trinajstić information content (AvgIpc) is 3.25. The topological polar surface area (TPSA) is 53.1 Å². The molecule has 0 saturated carbocycles. The summed E-state index contributed by atoms with van der Waals surface area (Å²) in [5, 5.41) is 9.82. The Morgan fingerprint density at radius 1 is 1.03 bits per heavy atom. The number of para-hydroxylation sites is 1. The summed E-state index contributed by atoms with van der Waals surface area (Å²) in [6.45, 7) is 1.82. The summed E-state index contributed by atoms with van der Waals surface area (Å²) in [4.78, 5) is 14.2. The van der Waals surface area contributed by atoms with Gasteiger partial charge < -0.3 is 10.1 Å². The maximum atomic E-state index is 14.0. The van der Waals surface area contributed by atoms with E-state index >= 15 is 0 Å². The van der Waals surface area contributed by atoms with Crippen LogP contribution >= 0.6 is 11.6 Å².